The molecule has 1 aliphatic rings. The highest BCUT2D eigenvalue weighted by Crippen LogP contribution is 2.34. The number of hydrogen-bond acceptors (Lipinski definition) is 6. The third kappa shape index (κ3) is 3.55. The summed E-state index contributed by atoms with van der Waals surface area (Å²) in [5, 5.41) is 9.04. The van der Waals surface area contributed by atoms with E-state index in [2.05, 4.69) is 0 Å². The average Bonchev–Trinajstić information content (AvgIpc) is 3.27. The molecule has 4 rings (SSSR count). The van der Waals surface area contributed by atoms with Gasteiger partial charge in [0.25, 0.3) is 10.0 Å². The number of nitriles is 1. The van der Waals surface area contributed by atoms with E-state index in [4.69, 9.17) is 5.26 Å². The largest absolute Gasteiger partial charge is 0.291 e. The fourth-order valence-corrected chi connectivity index (χ4v) is 6.81. The number of aryl methyl sites for hydroxylation is 1. The molecule has 2 heterocycles. The fraction of sp³-hybridized carbons (Fsp3) is 0.238. The second kappa shape index (κ2) is 7.72. The highest BCUT2D eigenvalue weighted by molar-refractivity contribution is 7.93. The van der Waals surface area contributed by atoms with Gasteiger partial charge in [-0.3, -0.25) is 9.10 Å². The van der Waals surface area contributed by atoms with Crippen molar-refractivity contribution in [1.29, 1.82) is 5.26 Å². The third-order valence-corrected chi connectivity index (χ3v) is 8.88. The Balaban J connectivity index is 2.03. The van der Waals surface area contributed by atoms with Crippen molar-refractivity contribution in [3.05, 3.63) is 59.5 Å². The van der Waals surface area contributed by atoms with Gasteiger partial charge >= 0.3 is 0 Å². The van der Waals surface area contributed by atoms with E-state index in [-0.39, 0.29) is 39.5 Å². The summed E-state index contributed by atoms with van der Waals surface area (Å²) >= 11 is 0. The zero-order valence-electron chi connectivity index (χ0n) is 16.9. The summed E-state index contributed by atoms with van der Waals surface area (Å²) in [5.41, 5.74) is 0.187. The van der Waals surface area contributed by atoms with Crippen LogP contribution in [0.4, 0.5) is 10.1 Å². The molecule has 0 radical (unpaired) electrons. The highest BCUT2D eigenvalue weighted by atomic mass is 32.2. The number of hydrogen-bond donors (Lipinski definition) is 0. The summed E-state index contributed by atoms with van der Waals surface area (Å²) in [5.74, 6) is -1.75. The minimum absolute atomic E-state index is 0.0506. The molecule has 0 atom stereocenters. The first-order valence-electron chi connectivity index (χ1n) is 9.64. The molecular formula is C21H18FN3O5S2. The molecule has 0 spiro atoms. The first kappa shape index (κ1) is 22.0. The van der Waals surface area contributed by atoms with Gasteiger partial charge in [-0.2, -0.15) is 5.26 Å². The van der Waals surface area contributed by atoms with Gasteiger partial charge in [0.15, 0.2) is 5.78 Å². The van der Waals surface area contributed by atoms with E-state index in [1.807, 2.05) is 0 Å². The summed E-state index contributed by atoms with van der Waals surface area (Å²) in [6.07, 6.45) is -0.260. The zero-order valence-corrected chi connectivity index (χ0v) is 18.6. The van der Waals surface area contributed by atoms with Crippen LogP contribution in [-0.2, 0) is 20.0 Å². The number of carbonyl (C=O) groups excluding carboxylic acids is 1. The summed E-state index contributed by atoms with van der Waals surface area (Å²) in [7, 11) is -8.05. The van der Waals surface area contributed by atoms with Crippen LogP contribution in [0.15, 0.2) is 47.4 Å². The number of nitrogens with zero attached hydrogens (tertiary/aromatic N) is 3. The van der Waals surface area contributed by atoms with Gasteiger partial charge in [-0.15, -0.1) is 0 Å². The van der Waals surface area contributed by atoms with Crippen molar-refractivity contribution in [2.45, 2.75) is 24.7 Å². The highest BCUT2D eigenvalue weighted by Gasteiger charge is 2.33. The van der Waals surface area contributed by atoms with Crippen LogP contribution in [0, 0.1) is 24.1 Å². The van der Waals surface area contributed by atoms with Crippen LogP contribution in [0.25, 0.3) is 10.9 Å². The van der Waals surface area contributed by atoms with Gasteiger partial charge in [0.1, 0.15) is 17.9 Å². The normalized spacial score (nSPS) is 15.7. The molecule has 11 heteroatoms. The van der Waals surface area contributed by atoms with Crippen LogP contribution in [0.3, 0.4) is 0 Å². The van der Waals surface area contributed by atoms with Crippen molar-refractivity contribution in [2.75, 3.05) is 16.6 Å². The molecule has 1 aromatic heterocycles. The lowest BCUT2D eigenvalue weighted by Gasteiger charge is -2.18. The van der Waals surface area contributed by atoms with E-state index in [9.17, 15) is 26.0 Å². The van der Waals surface area contributed by atoms with Crippen LogP contribution in [0.2, 0.25) is 0 Å². The Morgan fingerprint density at radius 2 is 1.88 bits per heavy atom. The maximum Gasteiger partial charge on any atom is 0.268 e. The van der Waals surface area contributed by atoms with Gasteiger partial charge in [0, 0.05) is 11.9 Å². The van der Waals surface area contributed by atoms with Crippen LogP contribution >= 0.6 is 0 Å². The maximum atomic E-state index is 14.9. The molecule has 0 bridgehead atoms. The Morgan fingerprint density at radius 1 is 1.19 bits per heavy atom. The second-order valence-corrected chi connectivity index (χ2v) is 11.3. The van der Waals surface area contributed by atoms with Crippen molar-refractivity contribution in [1.82, 2.24) is 3.97 Å². The Morgan fingerprint density at radius 3 is 2.47 bits per heavy atom. The molecule has 166 valence electrons. The first-order valence-corrected chi connectivity index (χ1v) is 12.7. The Hall–Kier alpha value is -3.23. The zero-order chi connectivity index (χ0) is 23.3. The van der Waals surface area contributed by atoms with Crippen LogP contribution in [-0.4, -0.2) is 38.9 Å². The van der Waals surface area contributed by atoms with Gasteiger partial charge in [0.05, 0.1) is 27.9 Å². The quantitative estimate of drug-likeness (QED) is 0.524. The molecule has 1 fully saturated rings. The number of aromatic nitrogens is 1. The number of sulfonamides is 1. The topological polar surface area (TPSA) is 117 Å². The van der Waals surface area contributed by atoms with Gasteiger partial charge in [0.2, 0.25) is 10.0 Å². The van der Waals surface area contributed by atoms with E-state index in [1.165, 1.54) is 18.2 Å². The molecule has 32 heavy (non-hydrogen) atoms. The fourth-order valence-electron chi connectivity index (χ4n) is 3.73. The second-order valence-electron chi connectivity index (χ2n) is 7.47. The summed E-state index contributed by atoms with van der Waals surface area (Å²) in [6.45, 7) is 1.85. The maximum absolute atomic E-state index is 14.9. The number of halogens is 1. The van der Waals surface area contributed by atoms with Crippen LogP contribution in [0.5, 0.6) is 0 Å². The summed E-state index contributed by atoms with van der Waals surface area (Å²) < 4.78 is 68.2. The summed E-state index contributed by atoms with van der Waals surface area (Å²) in [6, 6.07) is 11.0. The number of rotatable bonds is 5. The molecule has 1 aliphatic heterocycles. The van der Waals surface area contributed by atoms with Gasteiger partial charge in [-0.05, 0) is 43.7 Å². The molecule has 8 nitrogen and oxygen atoms in total. The number of ketones is 1. The van der Waals surface area contributed by atoms with Crippen molar-refractivity contribution >= 4 is 42.4 Å². The molecule has 1 saturated heterocycles. The number of benzene rings is 2. The number of Topliss-reactive ketones (excluding diaryl/α,β-unsaturated/α-hetero) is 1. The Labute approximate surface area is 184 Å². The number of carbonyl (C=O) groups is 1. The number of fused-ring (bicyclic) bond motifs is 1. The standard InChI is InChI=1S/C21H18FN3O5S2/c1-14-3-5-16(6-4-14)32(29,30)25-18-13-19(24-9-2-10-31(24,27)28)17(22)11-15(18)12-20(25)21(26)7-8-23/h3-6,11-13H,2,7,9-10H2,1H3. The molecule has 3 aromatic rings. The van der Waals surface area contributed by atoms with Crippen LogP contribution < -0.4 is 4.31 Å². The van der Waals surface area contributed by atoms with E-state index in [0.29, 0.717) is 6.42 Å². The molecule has 0 aliphatic carbocycles. The molecule has 0 unspecified atom stereocenters. The Bertz CT molecular complexity index is 1500. The van der Waals surface area contributed by atoms with Gasteiger partial charge in [-0.1, -0.05) is 17.7 Å². The molecule has 0 saturated carbocycles. The lowest BCUT2D eigenvalue weighted by atomic mass is 10.2. The minimum Gasteiger partial charge on any atom is -0.291 e. The van der Waals surface area contributed by atoms with Crippen molar-refractivity contribution in [3.8, 4) is 6.07 Å². The predicted molar refractivity (Wildman–Crippen MR) is 116 cm³/mol. The lowest BCUT2D eigenvalue weighted by Crippen LogP contribution is -2.26. The minimum atomic E-state index is -4.32. The number of anilines is 1. The molecule has 0 N–H and O–H groups in total. The first-order chi connectivity index (χ1) is 15.1. The van der Waals surface area contributed by atoms with Crippen molar-refractivity contribution in [2.24, 2.45) is 0 Å². The molecule has 0 amide bonds. The van der Waals surface area contributed by atoms with E-state index in [1.54, 1.807) is 25.1 Å². The van der Waals surface area contributed by atoms with Crippen molar-refractivity contribution in [3.63, 3.8) is 0 Å². The van der Waals surface area contributed by atoms with E-state index in [0.717, 1.165) is 26.0 Å². The predicted octanol–water partition coefficient (Wildman–Crippen LogP) is 2.96. The van der Waals surface area contributed by atoms with Crippen LogP contribution in [0.1, 0.15) is 28.9 Å². The molecular weight excluding hydrogens is 457 g/mol. The van der Waals surface area contributed by atoms with Crippen molar-refractivity contribution < 1.29 is 26.0 Å². The SMILES string of the molecule is Cc1ccc(S(=O)(=O)n2c(C(=O)CC#N)cc3cc(F)c(N4CCCS4(=O)=O)cc32)cc1. The average molecular weight is 476 g/mol. The third-order valence-electron chi connectivity index (χ3n) is 5.28. The van der Waals surface area contributed by atoms with Gasteiger partial charge < -0.3 is 0 Å². The van der Waals surface area contributed by atoms with E-state index >= 15 is 0 Å². The van der Waals surface area contributed by atoms with Gasteiger partial charge in [-0.25, -0.2) is 25.2 Å². The smallest absolute Gasteiger partial charge is 0.268 e. The molecule has 2 aromatic carbocycles. The van der Waals surface area contributed by atoms with E-state index < -0.39 is 38.1 Å². The lowest BCUT2D eigenvalue weighted by molar-refractivity contribution is 0.0992. The monoisotopic (exact) mass is 475 g/mol. The summed E-state index contributed by atoms with van der Waals surface area (Å²) in [4.78, 5) is 12.5. The Kier molecular flexibility index (Phi) is 5.30.